The van der Waals surface area contributed by atoms with Gasteiger partial charge in [0.15, 0.2) is 0 Å². The third-order valence-corrected chi connectivity index (χ3v) is 2.74. The maximum Gasteiger partial charge on any atom is 0.321 e. The van der Waals surface area contributed by atoms with E-state index >= 15 is 0 Å². The molecule has 5 nitrogen and oxygen atoms in total. The molecule has 0 amide bonds. The van der Waals surface area contributed by atoms with Crippen LogP contribution in [0.4, 0.5) is 5.95 Å². The van der Waals surface area contributed by atoms with Crippen LogP contribution >= 0.6 is 23.2 Å². The summed E-state index contributed by atoms with van der Waals surface area (Å²) in [5.74, 6) is 0.788. The smallest absolute Gasteiger partial charge is 0.321 e. The summed E-state index contributed by atoms with van der Waals surface area (Å²) in [6.07, 6.45) is 1.56. The maximum absolute atomic E-state index is 6.03. The van der Waals surface area contributed by atoms with Gasteiger partial charge < -0.3 is 4.74 Å². The van der Waals surface area contributed by atoms with Crippen LogP contribution in [-0.2, 0) is 0 Å². The number of aryl methyl sites for hydroxylation is 1. The molecule has 0 aliphatic carbocycles. The Morgan fingerprint density at radius 1 is 1.21 bits per heavy atom. The van der Waals surface area contributed by atoms with Crippen LogP contribution in [0.1, 0.15) is 11.4 Å². The average molecular weight is 297 g/mol. The molecule has 0 atom stereocenters. The highest BCUT2D eigenvalue weighted by Crippen LogP contribution is 2.20. The number of aromatic nitrogens is 3. The molecular weight excluding hydrogens is 287 g/mol. The fraction of sp³-hybridized carbons (Fsp3) is 0.167. The van der Waals surface area contributed by atoms with Gasteiger partial charge in [0.1, 0.15) is 5.82 Å². The van der Waals surface area contributed by atoms with E-state index in [-0.39, 0.29) is 12.0 Å². The third kappa shape index (κ3) is 3.62. The van der Waals surface area contributed by atoms with Crippen LogP contribution in [0.25, 0.3) is 0 Å². The molecule has 0 saturated heterocycles. The second kappa shape index (κ2) is 5.95. The zero-order chi connectivity index (χ0) is 13.8. The first-order valence-electron chi connectivity index (χ1n) is 5.34. The normalized spacial score (nSPS) is 10.9. The van der Waals surface area contributed by atoms with E-state index < -0.39 is 0 Å². The molecule has 0 spiro atoms. The molecule has 98 valence electrons. The summed E-state index contributed by atoms with van der Waals surface area (Å²) in [5.41, 5.74) is 0.725. The highest BCUT2D eigenvalue weighted by Gasteiger charge is 2.03. The lowest BCUT2D eigenvalue weighted by atomic mass is 10.2. The molecule has 0 saturated carbocycles. The van der Waals surface area contributed by atoms with Crippen LogP contribution in [-0.4, -0.2) is 28.3 Å². The summed E-state index contributed by atoms with van der Waals surface area (Å²) < 4.78 is 4.95. The quantitative estimate of drug-likeness (QED) is 0.816. The molecule has 0 aliphatic heterocycles. The number of ether oxygens (including phenoxy) is 1. The van der Waals surface area contributed by atoms with E-state index in [1.807, 2.05) is 0 Å². The van der Waals surface area contributed by atoms with Crippen molar-refractivity contribution >= 4 is 35.4 Å². The van der Waals surface area contributed by atoms with Crippen molar-refractivity contribution in [3.8, 4) is 6.01 Å². The molecule has 0 N–H and O–H groups in total. The van der Waals surface area contributed by atoms with Gasteiger partial charge in [-0.2, -0.15) is 15.0 Å². The molecule has 1 aromatic carbocycles. The van der Waals surface area contributed by atoms with E-state index in [1.54, 1.807) is 31.3 Å². The highest BCUT2D eigenvalue weighted by atomic mass is 35.5. The first-order valence-corrected chi connectivity index (χ1v) is 6.10. The standard InChI is InChI=1S/C12H10Cl2N4O/c1-7-16-11(18-12(17-7)19-2)15-6-8-3-4-9(13)5-10(8)14/h3-6H,1-2H3/b15-6+. The molecule has 0 aliphatic rings. The van der Waals surface area contributed by atoms with Gasteiger partial charge in [-0.15, -0.1) is 0 Å². The van der Waals surface area contributed by atoms with Crippen LogP contribution in [0.2, 0.25) is 10.0 Å². The molecule has 1 heterocycles. The summed E-state index contributed by atoms with van der Waals surface area (Å²) in [6.45, 7) is 1.73. The second-order valence-electron chi connectivity index (χ2n) is 3.59. The monoisotopic (exact) mass is 296 g/mol. The molecule has 7 heteroatoms. The summed E-state index contributed by atoms with van der Waals surface area (Å²) >= 11 is 11.8. The summed E-state index contributed by atoms with van der Waals surface area (Å²) in [4.78, 5) is 16.2. The first kappa shape index (κ1) is 13.7. The topological polar surface area (TPSA) is 60.3 Å². The van der Waals surface area contributed by atoms with Gasteiger partial charge in [-0.05, 0) is 19.1 Å². The number of aliphatic imine (C=N–C) groups is 1. The van der Waals surface area contributed by atoms with Gasteiger partial charge in [0.2, 0.25) is 0 Å². The minimum absolute atomic E-state index is 0.224. The van der Waals surface area contributed by atoms with E-state index in [1.165, 1.54) is 7.11 Å². The van der Waals surface area contributed by atoms with E-state index in [0.717, 1.165) is 5.56 Å². The van der Waals surface area contributed by atoms with Crippen molar-refractivity contribution in [3.05, 3.63) is 39.6 Å². The largest absolute Gasteiger partial charge is 0.467 e. The minimum Gasteiger partial charge on any atom is -0.467 e. The van der Waals surface area contributed by atoms with Crippen molar-refractivity contribution < 1.29 is 4.74 Å². The average Bonchev–Trinajstić information content (AvgIpc) is 2.37. The van der Waals surface area contributed by atoms with Crippen LogP contribution < -0.4 is 4.74 Å². The van der Waals surface area contributed by atoms with Gasteiger partial charge in [0, 0.05) is 16.8 Å². The summed E-state index contributed by atoms with van der Waals surface area (Å²) in [6, 6.07) is 5.36. The Kier molecular flexibility index (Phi) is 4.29. The van der Waals surface area contributed by atoms with Gasteiger partial charge in [0.25, 0.3) is 5.95 Å². The molecule has 0 radical (unpaired) electrons. The fourth-order valence-corrected chi connectivity index (χ4v) is 1.78. The molecule has 19 heavy (non-hydrogen) atoms. The number of benzene rings is 1. The zero-order valence-corrected chi connectivity index (χ0v) is 11.8. The second-order valence-corrected chi connectivity index (χ2v) is 4.44. The van der Waals surface area contributed by atoms with Crippen molar-refractivity contribution in [3.63, 3.8) is 0 Å². The number of hydrogen-bond acceptors (Lipinski definition) is 5. The number of nitrogens with zero attached hydrogens (tertiary/aromatic N) is 4. The molecule has 1 aromatic heterocycles. The van der Waals surface area contributed by atoms with Crippen LogP contribution in [0, 0.1) is 6.92 Å². The van der Waals surface area contributed by atoms with E-state index in [4.69, 9.17) is 27.9 Å². The molecule has 2 rings (SSSR count). The van der Waals surface area contributed by atoms with Crippen molar-refractivity contribution in [2.45, 2.75) is 6.92 Å². The van der Waals surface area contributed by atoms with Gasteiger partial charge in [-0.3, -0.25) is 0 Å². The Balaban J connectivity index is 2.29. The maximum atomic E-state index is 6.03. The lowest BCUT2D eigenvalue weighted by molar-refractivity contribution is 0.377. The molecule has 0 fully saturated rings. The van der Waals surface area contributed by atoms with Crippen LogP contribution in [0.3, 0.4) is 0 Å². The summed E-state index contributed by atoms with van der Waals surface area (Å²) in [7, 11) is 1.48. The Labute approximate surface area is 120 Å². The third-order valence-electron chi connectivity index (χ3n) is 2.18. The number of halogens is 2. The Morgan fingerprint density at radius 2 is 2.00 bits per heavy atom. The molecule has 0 unspecified atom stereocenters. The number of hydrogen-bond donors (Lipinski definition) is 0. The molecule has 0 bridgehead atoms. The number of methoxy groups -OCH3 is 1. The van der Waals surface area contributed by atoms with Gasteiger partial charge in [-0.25, -0.2) is 4.99 Å². The van der Waals surface area contributed by atoms with Gasteiger partial charge >= 0.3 is 6.01 Å². The highest BCUT2D eigenvalue weighted by molar-refractivity contribution is 6.36. The lowest BCUT2D eigenvalue weighted by Gasteiger charge is -2.00. The Bertz CT molecular complexity index is 631. The molecular formula is C12H10Cl2N4O. The Hall–Kier alpha value is -1.72. The SMILES string of the molecule is COc1nc(C)nc(/N=C/c2ccc(Cl)cc2Cl)n1. The van der Waals surface area contributed by atoms with E-state index in [9.17, 15) is 0 Å². The van der Waals surface area contributed by atoms with Crippen LogP contribution in [0.15, 0.2) is 23.2 Å². The molecule has 2 aromatic rings. The number of rotatable bonds is 3. The fourth-order valence-electron chi connectivity index (χ4n) is 1.33. The van der Waals surface area contributed by atoms with Crippen LogP contribution in [0.5, 0.6) is 6.01 Å². The van der Waals surface area contributed by atoms with Crippen molar-refractivity contribution in [2.75, 3.05) is 7.11 Å². The van der Waals surface area contributed by atoms with Crippen molar-refractivity contribution in [1.29, 1.82) is 0 Å². The van der Waals surface area contributed by atoms with E-state index in [0.29, 0.717) is 15.9 Å². The minimum atomic E-state index is 0.224. The van der Waals surface area contributed by atoms with Gasteiger partial charge in [0.05, 0.1) is 12.1 Å². The van der Waals surface area contributed by atoms with Crippen molar-refractivity contribution in [2.24, 2.45) is 4.99 Å². The lowest BCUT2D eigenvalue weighted by Crippen LogP contribution is -1.97. The Morgan fingerprint density at radius 3 is 2.68 bits per heavy atom. The first-order chi connectivity index (χ1) is 9.08. The van der Waals surface area contributed by atoms with Gasteiger partial charge in [-0.1, -0.05) is 29.3 Å². The predicted octanol–water partition coefficient (Wildman–Crippen LogP) is 3.25. The summed E-state index contributed by atoms with van der Waals surface area (Å²) in [5, 5.41) is 1.08. The van der Waals surface area contributed by atoms with E-state index in [2.05, 4.69) is 19.9 Å². The van der Waals surface area contributed by atoms with Crippen molar-refractivity contribution in [1.82, 2.24) is 15.0 Å². The predicted molar refractivity (Wildman–Crippen MR) is 74.8 cm³/mol. The zero-order valence-electron chi connectivity index (χ0n) is 10.3.